The van der Waals surface area contributed by atoms with Crippen molar-refractivity contribution in [3.63, 3.8) is 0 Å². The number of benzene rings is 2. The van der Waals surface area contributed by atoms with Gasteiger partial charge in [-0.25, -0.2) is 8.42 Å². The molecule has 0 fully saturated rings. The number of hydrogen-bond donors (Lipinski definition) is 1. The van der Waals surface area contributed by atoms with E-state index in [2.05, 4.69) is 20.7 Å². The van der Waals surface area contributed by atoms with Crippen LogP contribution in [0.25, 0.3) is 0 Å². The molecule has 2 aromatic carbocycles. The predicted octanol–water partition coefficient (Wildman–Crippen LogP) is 3.90. The maximum atomic E-state index is 12.1. The Kier molecular flexibility index (Phi) is 3.94. The van der Waals surface area contributed by atoms with E-state index in [1.54, 1.807) is 42.5 Å². The van der Waals surface area contributed by atoms with Gasteiger partial charge in [0.15, 0.2) is 0 Å². The molecule has 0 spiro atoms. The highest BCUT2D eigenvalue weighted by molar-refractivity contribution is 9.10. The lowest BCUT2D eigenvalue weighted by atomic mass is 10.3. The summed E-state index contributed by atoms with van der Waals surface area (Å²) in [6, 6.07) is 13.1. The normalized spacial score (nSPS) is 11.2. The van der Waals surface area contributed by atoms with Crippen molar-refractivity contribution in [1.82, 2.24) is 0 Å². The number of halogens is 2. The van der Waals surface area contributed by atoms with Gasteiger partial charge in [0.1, 0.15) is 4.90 Å². The van der Waals surface area contributed by atoms with Crippen LogP contribution >= 0.6 is 27.5 Å². The van der Waals surface area contributed by atoms with E-state index >= 15 is 0 Å². The van der Waals surface area contributed by atoms with Crippen molar-refractivity contribution < 1.29 is 8.42 Å². The van der Waals surface area contributed by atoms with Gasteiger partial charge in [0, 0.05) is 15.2 Å². The van der Waals surface area contributed by atoms with Crippen molar-refractivity contribution in [3.05, 3.63) is 58.0 Å². The third-order valence-electron chi connectivity index (χ3n) is 2.22. The Labute approximate surface area is 119 Å². The fourth-order valence-corrected chi connectivity index (χ4v) is 3.58. The van der Waals surface area contributed by atoms with Gasteiger partial charge in [-0.2, -0.15) is 0 Å². The molecule has 0 unspecified atom stereocenters. The molecule has 0 atom stereocenters. The molecule has 0 aromatic heterocycles. The average Bonchev–Trinajstić information content (AvgIpc) is 2.32. The van der Waals surface area contributed by atoms with Gasteiger partial charge >= 0.3 is 0 Å². The maximum absolute atomic E-state index is 12.1. The summed E-state index contributed by atoms with van der Waals surface area (Å²) in [5.41, 5.74) is 0.468. The summed E-state index contributed by atoms with van der Waals surface area (Å²) < 4.78 is 27.3. The quantitative estimate of drug-likeness (QED) is 0.916. The largest absolute Gasteiger partial charge is 0.280 e. The average molecular weight is 347 g/mol. The molecule has 0 saturated carbocycles. The van der Waals surface area contributed by atoms with Crippen LogP contribution in [0.5, 0.6) is 0 Å². The molecule has 0 aliphatic carbocycles. The number of rotatable bonds is 3. The molecule has 18 heavy (non-hydrogen) atoms. The molecule has 6 heteroatoms. The van der Waals surface area contributed by atoms with E-state index in [-0.39, 0.29) is 4.90 Å². The Balaban J connectivity index is 2.33. The lowest BCUT2D eigenvalue weighted by molar-refractivity contribution is 0.601. The summed E-state index contributed by atoms with van der Waals surface area (Å²) in [6.45, 7) is 0. The predicted molar refractivity (Wildman–Crippen MR) is 76.4 cm³/mol. The summed E-state index contributed by atoms with van der Waals surface area (Å²) in [6.07, 6.45) is 0. The maximum Gasteiger partial charge on any atom is 0.263 e. The minimum atomic E-state index is -3.60. The first-order valence-corrected chi connectivity index (χ1v) is 7.67. The van der Waals surface area contributed by atoms with Crippen LogP contribution in [-0.2, 0) is 10.0 Å². The summed E-state index contributed by atoms with van der Waals surface area (Å²) >= 11 is 8.96. The van der Waals surface area contributed by atoms with Gasteiger partial charge in [0.2, 0.25) is 0 Å². The SMILES string of the molecule is O=S(=O)(Nc1ccc(Cl)cc1)c1ccccc1Br. The van der Waals surface area contributed by atoms with E-state index in [1.165, 1.54) is 6.07 Å². The molecule has 0 aliphatic heterocycles. The molecular formula is C12H9BrClNO2S. The van der Waals surface area contributed by atoms with Crippen molar-refractivity contribution in [1.29, 1.82) is 0 Å². The van der Waals surface area contributed by atoms with E-state index < -0.39 is 10.0 Å². The van der Waals surface area contributed by atoms with Gasteiger partial charge in [-0.15, -0.1) is 0 Å². The molecule has 2 aromatic rings. The van der Waals surface area contributed by atoms with E-state index in [1.807, 2.05) is 0 Å². The van der Waals surface area contributed by atoms with Crippen LogP contribution in [-0.4, -0.2) is 8.42 Å². The lowest BCUT2D eigenvalue weighted by Gasteiger charge is -2.09. The minimum Gasteiger partial charge on any atom is -0.280 e. The second kappa shape index (κ2) is 5.30. The van der Waals surface area contributed by atoms with Gasteiger partial charge in [-0.05, 0) is 52.3 Å². The Morgan fingerprint density at radius 1 is 1.00 bits per heavy atom. The van der Waals surface area contributed by atoms with Crippen LogP contribution in [0.2, 0.25) is 5.02 Å². The third-order valence-corrected chi connectivity index (χ3v) is 4.87. The second-order valence-electron chi connectivity index (χ2n) is 3.54. The smallest absolute Gasteiger partial charge is 0.263 e. The first-order valence-electron chi connectivity index (χ1n) is 5.02. The molecular weight excluding hydrogens is 338 g/mol. The van der Waals surface area contributed by atoms with Crippen LogP contribution < -0.4 is 4.72 Å². The van der Waals surface area contributed by atoms with Crippen molar-refractivity contribution in [2.75, 3.05) is 4.72 Å². The second-order valence-corrected chi connectivity index (χ2v) is 6.48. The molecule has 0 saturated heterocycles. The number of hydrogen-bond acceptors (Lipinski definition) is 2. The lowest BCUT2D eigenvalue weighted by Crippen LogP contribution is -2.13. The third kappa shape index (κ3) is 3.04. The van der Waals surface area contributed by atoms with Gasteiger partial charge in [0.25, 0.3) is 10.0 Å². The first kappa shape index (κ1) is 13.4. The molecule has 0 amide bonds. The van der Waals surface area contributed by atoms with Gasteiger partial charge < -0.3 is 0 Å². The monoisotopic (exact) mass is 345 g/mol. The van der Waals surface area contributed by atoms with E-state index in [0.717, 1.165) is 0 Å². The zero-order chi connectivity index (χ0) is 13.2. The van der Waals surface area contributed by atoms with Crippen LogP contribution in [0, 0.1) is 0 Å². The van der Waals surface area contributed by atoms with E-state index in [0.29, 0.717) is 15.2 Å². The van der Waals surface area contributed by atoms with Crippen molar-refractivity contribution in [3.8, 4) is 0 Å². The molecule has 0 heterocycles. The zero-order valence-electron chi connectivity index (χ0n) is 9.10. The molecule has 2 rings (SSSR count). The zero-order valence-corrected chi connectivity index (χ0v) is 12.3. The number of nitrogens with one attached hydrogen (secondary N) is 1. The standard InChI is InChI=1S/C12H9BrClNO2S/c13-11-3-1-2-4-12(11)18(16,17)15-10-7-5-9(14)6-8-10/h1-8,15H. The van der Waals surface area contributed by atoms with Crippen LogP contribution in [0.3, 0.4) is 0 Å². The fourth-order valence-electron chi connectivity index (χ4n) is 1.39. The molecule has 94 valence electrons. The summed E-state index contributed by atoms with van der Waals surface area (Å²) in [7, 11) is -3.60. The minimum absolute atomic E-state index is 0.194. The van der Waals surface area contributed by atoms with Gasteiger partial charge in [-0.3, -0.25) is 4.72 Å². The van der Waals surface area contributed by atoms with Crippen molar-refractivity contribution in [2.24, 2.45) is 0 Å². The van der Waals surface area contributed by atoms with Gasteiger partial charge in [-0.1, -0.05) is 23.7 Å². The Hall–Kier alpha value is -1.04. The fraction of sp³-hybridized carbons (Fsp3) is 0. The van der Waals surface area contributed by atoms with Gasteiger partial charge in [0.05, 0.1) is 0 Å². The molecule has 0 aliphatic rings. The first-order chi connectivity index (χ1) is 8.49. The summed E-state index contributed by atoms with van der Waals surface area (Å²) in [5.74, 6) is 0. The number of sulfonamides is 1. The number of anilines is 1. The highest BCUT2D eigenvalue weighted by atomic mass is 79.9. The molecule has 1 N–H and O–H groups in total. The topological polar surface area (TPSA) is 46.2 Å². The Bertz CT molecular complexity index is 656. The van der Waals surface area contributed by atoms with Crippen LogP contribution in [0.4, 0.5) is 5.69 Å². The molecule has 0 bridgehead atoms. The highest BCUT2D eigenvalue weighted by Gasteiger charge is 2.16. The molecule has 3 nitrogen and oxygen atoms in total. The van der Waals surface area contributed by atoms with Crippen molar-refractivity contribution in [2.45, 2.75) is 4.90 Å². The van der Waals surface area contributed by atoms with Crippen LogP contribution in [0.15, 0.2) is 57.9 Å². The Morgan fingerprint density at radius 2 is 1.61 bits per heavy atom. The summed E-state index contributed by atoms with van der Waals surface area (Å²) in [5, 5.41) is 0.554. The van der Waals surface area contributed by atoms with Crippen LogP contribution in [0.1, 0.15) is 0 Å². The van der Waals surface area contributed by atoms with E-state index in [9.17, 15) is 8.42 Å². The van der Waals surface area contributed by atoms with E-state index in [4.69, 9.17) is 11.6 Å². The molecule has 0 radical (unpaired) electrons. The highest BCUT2D eigenvalue weighted by Crippen LogP contribution is 2.24. The Morgan fingerprint density at radius 3 is 2.22 bits per heavy atom. The summed E-state index contributed by atoms with van der Waals surface area (Å²) in [4.78, 5) is 0.194. The van der Waals surface area contributed by atoms with Crippen molar-refractivity contribution >= 4 is 43.2 Å².